The highest BCUT2D eigenvalue weighted by atomic mass is 16.3. The van der Waals surface area contributed by atoms with E-state index >= 15 is 0 Å². The number of rotatable bonds is 0. The monoisotopic (exact) mass is 436 g/mol. The average molecular weight is 437 g/mol. The maximum Gasteiger partial charge on any atom is 0.0876 e. The molecular formula is C33H24O. The average Bonchev–Trinajstić information content (AvgIpc) is 3.17. The van der Waals surface area contributed by atoms with Gasteiger partial charge in [-0.3, -0.25) is 0 Å². The van der Waals surface area contributed by atoms with Gasteiger partial charge >= 0.3 is 0 Å². The Hall–Kier alpha value is -3.94. The molecule has 13 rings (SSSR count). The van der Waals surface area contributed by atoms with Crippen LogP contribution in [0.1, 0.15) is 56.3 Å². The molecule has 162 valence electrons. The number of allylic oxidation sites excluding steroid dienone is 1. The lowest BCUT2D eigenvalue weighted by Gasteiger charge is -2.27. The molecule has 9 aliphatic carbocycles. The molecule has 0 radical (unpaired) electrons. The van der Waals surface area contributed by atoms with E-state index in [-0.39, 0.29) is 11.8 Å². The molecule has 3 atom stereocenters. The third-order valence-electron chi connectivity index (χ3n) is 7.59. The first-order chi connectivity index (χ1) is 16.7. The fourth-order valence-electron chi connectivity index (χ4n) is 5.85. The molecule has 0 aromatic heterocycles. The highest BCUT2D eigenvalue weighted by molar-refractivity contribution is 6.00. The van der Waals surface area contributed by atoms with Crippen LogP contribution in [0, 0.1) is 0 Å². The molecule has 8 bridgehead atoms. The normalized spacial score (nSPS) is 23.5. The molecule has 1 nitrogen and oxygen atoms in total. The van der Waals surface area contributed by atoms with Gasteiger partial charge < -0.3 is 5.11 Å². The predicted molar refractivity (Wildman–Crippen MR) is 142 cm³/mol. The summed E-state index contributed by atoms with van der Waals surface area (Å²) in [6.07, 6.45) is 8.01. The van der Waals surface area contributed by atoms with E-state index in [0.717, 1.165) is 16.7 Å². The predicted octanol–water partition coefficient (Wildman–Crippen LogP) is 7.51. The van der Waals surface area contributed by atoms with Crippen molar-refractivity contribution in [3.63, 3.8) is 0 Å². The van der Waals surface area contributed by atoms with Crippen LogP contribution in [0.4, 0.5) is 0 Å². The molecule has 0 amide bonds. The first-order valence-electron chi connectivity index (χ1n) is 11.9. The highest BCUT2D eigenvalue weighted by Crippen LogP contribution is 2.56. The van der Waals surface area contributed by atoms with Crippen LogP contribution in [-0.2, 0) is 0 Å². The Morgan fingerprint density at radius 3 is 1.26 bits per heavy atom. The van der Waals surface area contributed by atoms with E-state index in [2.05, 4.69) is 121 Å². The Kier molecular flexibility index (Phi) is 4.33. The van der Waals surface area contributed by atoms with Crippen LogP contribution >= 0.6 is 0 Å². The maximum atomic E-state index is 12.0. The van der Waals surface area contributed by atoms with Gasteiger partial charge in [0.1, 0.15) is 0 Å². The minimum atomic E-state index is -0.604. The zero-order chi connectivity index (χ0) is 22.6. The molecule has 0 spiro atoms. The highest BCUT2D eigenvalue weighted by Gasteiger charge is 2.44. The van der Waals surface area contributed by atoms with Gasteiger partial charge in [-0.15, -0.1) is 0 Å². The summed E-state index contributed by atoms with van der Waals surface area (Å²) in [5.74, 6) is -0.00627. The van der Waals surface area contributed by atoms with Crippen molar-refractivity contribution in [2.24, 2.45) is 0 Å². The number of hydrogen-bond donors (Lipinski definition) is 1. The van der Waals surface area contributed by atoms with E-state index in [9.17, 15) is 5.11 Å². The summed E-state index contributed by atoms with van der Waals surface area (Å²) in [5.41, 5.74) is 11.6. The van der Waals surface area contributed by atoms with Gasteiger partial charge in [0, 0.05) is 11.8 Å². The van der Waals surface area contributed by atoms with Crippen LogP contribution < -0.4 is 0 Å². The summed E-state index contributed by atoms with van der Waals surface area (Å²) >= 11 is 0. The summed E-state index contributed by atoms with van der Waals surface area (Å²) in [6, 6.07) is 35.0. The molecule has 3 unspecified atom stereocenters. The third kappa shape index (κ3) is 3.05. The fourth-order valence-corrected chi connectivity index (χ4v) is 5.85. The Bertz CT molecular complexity index is 1460. The number of benzene rings is 4. The Balaban J connectivity index is 1.55. The van der Waals surface area contributed by atoms with Crippen molar-refractivity contribution >= 4 is 35.5 Å². The standard InChI is InChI=1S/C33H24O/c34-33-31-27-17-9-23(10-18-27)3-1-21-5-13-25(14-6-21)29(31)30-26-15-7-22(8-16-26)2-4-24-11-19-28(20-12-24)32(30)33/h1-20,29,31,33-34H/b3-1-,4-2-,22-2?,24-4?,30-26?,32-28?. The van der Waals surface area contributed by atoms with Crippen LogP contribution in [0.15, 0.2) is 97.1 Å². The van der Waals surface area contributed by atoms with Gasteiger partial charge in [0.05, 0.1) is 6.10 Å². The van der Waals surface area contributed by atoms with E-state index < -0.39 is 6.10 Å². The molecule has 0 saturated carbocycles. The summed E-state index contributed by atoms with van der Waals surface area (Å²) < 4.78 is 0. The fraction of sp³-hybridized carbons (Fsp3) is 0.0909. The van der Waals surface area contributed by atoms with Crippen molar-refractivity contribution in [1.82, 2.24) is 0 Å². The number of aliphatic hydroxyl groups excluding tert-OH is 1. The molecule has 0 fully saturated rings. The minimum absolute atomic E-state index is 0.0531. The topological polar surface area (TPSA) is 20.2 Å². The van der Waals surface area contributed by atoms with Crippen LogP contribution in [0.3, 0.4) is 0 Å². The van der Waals surface area contributed by atoms with Gasteiger partial charge in [-0.25, -0.2) is 0 Å². The summed E-state index contributed by atoms with van der Waals surface area (Å²) in [6.45, 7) is 0. The van der Waals surface area contributed by atoms with E-state index in [1.807, 2.05) is 0 Å². The largest absolute Gasteiger partial charge is 0.388 e. The first-order valence-corrected chi connectivity index (χ1v) is 11.9. The molecule has 0 saturated heterocycles. The molecule has 0 aliphatic heterocycles. The SMILES string of the molecule is OC1C2=C(c3ccc(cc3)/C=C\c3ccc2cc3)C2c3ccc(cc3)/C=C\c3ccc(cc3)C12. The van der Waals surface area contributed by atoms with E-state index in [1.54, 1.807) is 0 Å². The lowest BCUT2D eigenvalue weighted by molar-refractivity contribution is 0.202. The van der Waals surface area contributed by atoms with Crippen LogP contribution in [0.2, 0.25) is 0 Å². The second kappa shape index (κ2) is 7.55. The van der Waals surface area contributed by atoms with Crippen molar-refractivity contribution in [1.29, 1.82) is 0 Å². The quantitative estimate of drug-likeness (QED) is 0.302. The van der Waals surface area contributed by atoms with Crippen LogP contribution in [-0.4, -0.2) is 11.2 Å². The minimum Gasteiger partial charge on any atom is -0.388 e. The maximum absolute atomic E-state index is 12.0. The lowest BCUT2D eigenvalue weighted by atomic mass is 9.77. The van der Waals surface area contributed by atoms with Crippen molar-refractivity contribution in [2.45, 2.75) is 17.9 Å². The van der Waals surface area contributed by atoms with Crippen LogP contribution in [0.5, 0.6) is 0 Å². The van der Waals surface area contributed by atoms with Gasteiger partial charge in [-0.1, -0.05) is 121 Å². The van der Waals surface area contributed by atoms with Gasteiger partial charge in [0.2, 0.25) is 0 Å². The van der Waals surface area contributed by atoms with Gasteiger partial charge in [0.15, 0.2) is 0 Å². The second-order valence-electron chi connectivity index (χ2n) is 9.52. The Morgan fingerprint density at radius 1 is 0.412 bits per heavy atom. The zero-order valence-corrected chi connectivity index (χ0v) is 18.7. The number of hydrogen-bond acceptors (Lipinski definition) is 1. The molecule has 4 aromatic carbocycles. The molecule has 4 aromatic rings. The van der Waals surface area contributed by atoms with Gasteiger partial charge in [-0.05, 0) is 55.7 Å². The molecule has 34 heavy (non-hydrogen) atoms. The molecule has 1 N–H and O–H groups in total. The summed E-state index contributed by atoms with van der Waals surface area (Å²) in [5, 5.41) is 12.0. The van der Waals surface area contributed by atoms with Crippen LogP contribution in [0.25, 0.3) is 35.5 Å². The summed E-state index contributed by atoms with van der Waals surface area (Å²) in [7, 11) is 0. The van der Waals surface area contributed by atoms with E-state index in [1.165, 1.54) is 39.0 Å². The Labute approximate surface area is 200 Å². The first kappa shape index (κ1) is 19.5. The molecule has 1 heteroatoms. The third-order valence-corrected chi connectivity index (χ3v) is 7.59. The number of aliphatic hydroxyl groups is 1. The van der Waals surface area contributed by atoms with Crippen molar-refractivity contribution in [3.8, 4) is 0 Å². The second-order valence-corrected chi connectivity index (χ2v) is 9.52. The van der Waals surface area contributed by atoms with E-state index in [4.69, 9.17) is 0 Å². The lowest BCUT2D eigenvalue weighted by Crippen LogP contribution is -2.19. The smallest absolute Gasteiger partial charge is 0.0876 e. The van der Waals surface area contributed by atoms with Crippen molar-refractivity contribution in [2.75, 3.05) is 0 Å². The molecular weight excluding hydrogens is 412 g/mol. The Morgan fingerprint density at radius 2 is 0.794 bits per heavy atom. The molecule has 9 aliphatic rings. The summed E-state index contributed by atoms with van der Waals surface area (Å²) in [4.78, 5) is 0. The van der Waals surface area contributed by atoms with Crippen molar-refractivity contribution < 1.29 is 5.11 Å². The van der Waals surface area contributed by atoms with Crippen molar-refractivity contribution in [3.05, 3.63) is 142 Å². The van der Waals surface area contributed by atoms with Gasteiger partial charge in [0.25, 0.3) is 0 Å². The zero-order valence-electron chi connectivity index (χ0n) is 18.7. The van der Waals surface area contributed by atoms with E-state index in [0.29, 0.717) is 0 Å². The van der Waals surface area contributed by atoms with Gasteiger partial charge in [-0.2, -0.15) is 0 Å². The molecule has 0 heterocycles.